The maximum absolute atomic E-state index is 5.79. The van der Waals surface area contributed by atoms with E-state index in [0.717, 1.165) is 11.9 Å². The molecule has 0 aliphatic rings. The molecule has 0 amide bonds. The van der Waals surface area contributed by atoms with E-state index in [2.05, 4.69) is 24.0 Å². The summed E-state index contributed by atoms with van der Waals surface area (Å²) in [6, 6.07) is 4.52. The van der Waals surface area contributed by atoms with Gasteiger partial charge in [-0.15, -0.1) is 11.3 Å². The van der Waals surface area contributed by atoms with Crippen molar-refractivity contribution in [3.63, 3.8) is 0 Å². The summed E-state index contributed by atoms with van der Waals surface area (Å²) in [4.78, 5) is 4.36. The molecule has 0 fully saturated rings. The zero-order chi connectivity index (χ0) is 10.1. The van der Waals surface area contributed by atoms with Crippen LogP contribution in [0, 0.1) is 6.92 Å². The second-order valence-electron chi connectivity index (χ2n) is 3.73. The third kappa shape index (κ3) is 1.65. The Kier molecular flexibility index (Phi) is 2.52. The van der Waals surface area contributed by atoms with Crippen LogP contribution in [0.3, 0.4) is 0 Å². The van der Waals surface area contributed by atoms with E-state index in [4.69, 9.17) is 5.73 Å². The Labute approximate surface area is 87.8 Å². The molecule has 2 rings (SSSR count). The van der Waals surface area contributed by atoms with Gasteiger partial charge >= 0.3 is 0 Å². The van der Waals surface area contributed by atoms with Crippen molar-refractivity contribution in [3.8, 4) is 0 Å². The summed E-state index contributed by atoms with van der Waals surface area (Å²) in [6.45, 7) is 4.16. The number of fused-ring (bicyclic) bond motifs is 1. The molecule has 0 spiro atoms. The normalized spacial score (nSPS) is 13.4. The number of benzene rings is 1. The lowest BCUT2D eigenvalue weighted by atomic mass is 10.0. The van der Waals surface area contributed by atoms with E-state index in [-0.39, 0.29) is 6.04 Å². The van der Waals surface area contributed by atoms with E-state index in [1.807, 2.05) is 12.4 Å². The number of nitrogens with two attached hydrogens (primary N) is 1. The third-order valence-electron chi connectivity index (χ3n) is 2.41. The first-order valence-electron chi connectivity index (χ1n) is 4.75. The monoisotopic (exact) mass is 206 g/mol. The molecule has 0 bridgehead atoms. The molecule has 0 aliphatic carbocycles. The van der Waals surface area contributed by atoms with Crippen LogP contribution >= 0.6 is 11.3 Å². The summed E-state index contributed by atoms with van der Waals surface area (Å²) < 4.78 is 1.26. The first-order chi connectivity index (χ1) is 6.68. The molecule has 1 unspecified atom stereocenters. The van der Waals surface area contributed by atoms with Crippen LogP contribution in [0.5, 0.6) is 0 Å². The Balaban J connectivity index is 2.51. The Morgan fingerprint density at radius 2 is 2.29 bits per heavy atom. The van der Waals surface area contributed by atoms with Gasteiger partial charge in [0, 0.05) is 6.04 Å². The Morgan fingerprint density at radius 3 is 3.00 bits per heavy atom. The average Bonchev–Trinajstić information content (AvgIpc) is 2.57. The minimum Gasteiger partial charge on any atom is -0.328 e. The summed E-state index contributed by atoms with van der Waals surface area (Å²) in [7, 11) is 0. The smallest absolute Gasteiger partial charge is 0.0843 e. The highest BCUT2D eigenvalue weighted by Crippen LogP contribution is 2.24. The molecule has 1 aromatic carbocycles. The second kappa shape index (κ2) is 3.67. The van der Waals surface area contributed by atoms with E-state index >= 15 is 0 Å². The zero-order valence-corrected chi connectivity index (χ0v) is 9.27. The Bertz CT molecular complexity index is 445. The van der Waals surface area contributed by atoms with Gasteiger partial charge in [0.1, 0.15) is 0 Å². The molecule has 2 N–H and O–H groups in total. The first-order valence-corrected chi connectivity index (χ1v) is 5.63. The van der Waals surface area contributed by atoms with Crippen LogP contribution in [0.1, 0.15) is 18.1 Å². The van der Waals surface area contributed by atoms with E-state index in [1.165, 1.54) is 15.8 Å². The van der Waals surface area contributed by atoms with Crippen molar-refractivity contribution in [3.05, 3.63) is 28.8 Å². The molecule has 2 nitrogen and oxygen atoms in total. The fourth-order valence-corrected chi connectivity index (χ4v) is 2.41. The number of hydrogen-bond donors (Lipinski definition) is 1. The van der Waals surface area contributed by atoms with Gasteiger partial charge in [0.25, 0.3) is 0 Å². The quantitative estimate of drug-likeness (QED) is 0.820. The molecule has 74 valence electrons. The van der Waals surface area contributed by atoms with Gasteiger partial charge in [-0.05, 0) is 37.5 Å². The number of hydrogen-bond acceptors (Lipinski definition) is 3. The van der Waals surface area contributed by atoms with Gasteiger partial charge in [0.05, 0.1) is 15.7 Å². The number of aromatic nitrogens is 1. The predicted octanol–water partition coefficient (Wildman–Crippen LogP) is 2.49. The van der Waals surface area contributed by atoms with Gasteiger partial charge in [-0.25, -0.2) is 4.98 Å². The lowest BCUT2D eigenvalue weighted by molar-refractivity contribution is 0.735. The van der Waals surface area contributed by atoms with Gasteiger partial charge in [0.2, 0.25) is 0 Å². The minimum absolute atomic E-state index is 0.213. The van der Waals surface area contributed by atoms with Gasteiger partial charge in [-0.2, -0.15) is 0 Å². The van der Waals surface area contributed by atoms with Crippen LogP contribution in [0.2, 0.25) is 0 Å². The van der Waals surface area contributed by atoms with Crippen LogP contribution in [0.15, 0.2) is 17.6 Å². The topological polar surface area (TPSA) is 38.9 Å². The molecule has 0 radical (unpaired) electrons. The molecule has 2 aromatic rings. The van der Waals surface area contributed by atoms with E-state index in [1.54, 1.807) is 11.3 Å². The van der Waals surface area contributed by atoms with Crippen molar-refractivity contribution in [2.75, 3.05) is 0 Å². The van der Waals surface area contributed by atoms with Crippen LogP contribution < -0.4 is 5.73 Å². The number of aryl methyl sites for hydroxylation is 1. The number of nitrogens with zero attached hydrogens (tertiary/aromatic N) is 1. The van der Waals surface area contributed by atoms with Crippen LogP contribution in [-0.2, 0) is 6.42 Å². The van der Waals surface area contributed by atoms with Crippen LogP contribution in [0.25, 0.3) is 10.2 Å². The molecule has 0 aliphatic heterocycles. The first kappa shape index (κ1) is 9.62. The molecular formula is C11H14N2S. The van der Waals surface area contributed by atoms with Crippen molar-refractivity contribution in [2.24, 2.45) is 5.73 Å². The summed E-state index contributed by atoms with van der Waals surface area (Å²) in [6.07, 6.45) is 0.930. The highest BCUT2D eigenvalue weighted by Gasteiger charge is 2.06. The van der Waals surface area contributed by atoms with Crippen molar-refractivity contribution >= 4 is 21.6 Å². The van der Waals surface area contributed by atoms with Crippen LogP contribution in [-0.4, -0.2) is 11.0 Å². The number of thiazole rings is 1. The largest absolute Gasteiger partial charge is 0.328 e. The van der Waals surface area contributed by atoms with E-state index in [0.29, 0.717) is 0 Å². The Morgan fingerprint density at radius 1 is 1.50 bits per heavy atom. The van der Waals surface area contributed by atoms with E-state index in [9.17, 15) is 0 Å². The van der Waals surface area contributed by atoms with Crippen molar-refractivity contribution in [1.29, 1.82) is 0 Å². The van der Waals surface area contributed by atoms with Gasteiger partial charge < -0.3 is 5.73 Å². The molecule has 1 atom stereocenters. The van der Waals surface area contributed by atoms with Crippen molar-refractivity contribution < 1.29 is 0 Å². The maximum Gasteiger partial charge on any atom is 0.0843 e. The molecule has 14 heavy (non-hydrogen) atoms. The van der Waals surface area contributed by atoms with Gasteiger partial charge in [-0.3, -0.25) is 0 Å². The maximum atomic E-state index is 5.79. The molecule has 1 aromatic heterocycles. The standard InChI is InChI=1S/C11H14N2S/c1-7(12)5-9-3-4-10-11(8(9)2)13-6-14-10/h3-4,6-7H,5,12H2,1-2H3. The van der Waals surface area contributed by atoms with Crippen molar-refractivity contribution in [2.45, 2.75) is 26.3 Å². The fourth-order valence-electron chi connectivity index (χ4n) is 1.68. The summed E-state index contributed by atoms with van der Waals surface area (Å²) in [5, 5.41) is 0. The SMILES string of the molecule is Cc1c(CC(C)N)ccc2scnc12. The molecule has 3 heteroatoms. The lowest BCUT2D eigenvalue weighted by Gasteiger charge is -2.08. The minimum atomic E-state index is 0.213. The third-order valence-corrected chi connectivity index (χ3v) is 3.20. The summed E-state index contributed by atoms with van der Waals surface area (Å²) >= 11 is 1.69. The highest BCUT2D eigenvalue weighted by atomic mass is 32.1. The number of rotatable bonds is 2. The zero-order valence-electron chi connectivity index (χ0n) is 8.45. The highest BCUT2D eigenvalue weighted by molar-refractivity contribution is 7.16. The lowest BCUT2D eigenvalue weighted by Crippen LogP contribution is -2.18. The van der Waals surface area contributed by atoms with E-state index < -0.39 is 0 Å². The molecule has 0 saturated heterocycles. The molecule has 1 heterocycles. The average molecular weight is 206 g/mol. The van der Waals surface area contributed by atoms with Crippen molar-refractivity contribution in [1.82, 2.24) is 4.98 Å². The van der Waals surface area contributed by atoms with Gasteiger partial charge in [0.15, 0.2) is 0 Å². The summed E-state index contributed by atoms with van der Waals surface area (Å²) in [5.74, 6) is 0. The van der Waals surface area contributed by atoms with Gasteiger partial charge in [-0.1, -0.05) is 6.07 Å². The second-order valence-corrected chi connectivity index (χ2v) is 4.62. The fraction of sp³-hybridized carbons (Fsp3) is 0.364. The Hall–Kier alpha value is -0.930. The predicted molar refractivity (Wildman–Crippen MR) is 61.7 cm³/mol. The summed E-state index contributed by atoms with van der Waals surface area (Å²) in [5.41, 5.74) is 11.4. The van der Waals surface area contributed by atoms with Crippen LogP contribution in [0.4, 0.5) is 0 Å². The molecular weight excluding hydrogens is 192 g/mol. The molecule has 0 saturated carbocycles.